The van der Waals surface area contributed by atoms with E-state index in [1.54, 1.807) is 0 Å². The number of carbonyl (C=O) groups is 2. The van der Waals surface area contributed by atoms with Gasteiger partial charge in [-0.15, -0.1) is 0 Å². The zero-order chi connectivity index (χ0) is 21.9. The fourth-order valence-corrected chi connectivity index (χ4v) is 2.92. The number of pyridine rings is 1. The van der Waals surface area contributed by atoms with Gasteiger partial charge in [-0.3, -0.25) is 14.4 Å². The van der Waals surface area contributed by atoms with Gasteiger partial charge >= 0.3 is 12.1 Å². The highest BCUT2D eigenvalue weighted by Crippen LogP contribution is 2.40. The van der Waals surface area contributed by atoms with Crippen molar-refractivity contribution in [3.63, 3.8) is 0 Å². The topological polar surface area (TPSA) is 77.4 Å². The largest absolute Gasteiger partial charge is 0.454 e. The maximum atomic E-state index is 12.7. The molecule has 0 saturated heterocycles. The molecular weight excluding hydrogens is 483 g/mol. The lowest BCUT2D eigenvalue weighted by Crippen LogP contribution is -2.28. The molecule has 156 valence electrons. The van der Waals surface area contributed by atoms with E-state index in [9.17, 15) is 27.6 Å². The second kappa shape index (κ2) is 9.25. The van der Waals surface area contributed by atoms with Crippen LogP contribution in [0.25, 0.3) is 0 Å². The van der Waals surface area contributed by atoms with E-state index in [0.29, 0.717) is 22.9 Å². The summed E-state index contributed by atoms with van der Waals surface area (Å²) in [6, 6.07) is 2.51. The lowest BCUT2D eigenvalue weighted by Gasteiger charge is -2.13. The molecule has 1 N–H and O–H groups in total. The number of carbonyl (C=O) groups excluding carboxylic acids is 2. The molecule has 0 spiro atoms. The highest BCUT2D eigenvalue weighted by Gasteiger charge is 2.31. The number of alkyl halides is 3. The van der Waals surface area contributed by atoms with Crippen molar-refractivity contribution in [2.24, 2.45) is 0 Å². The number of anilines is 1. The second-order valence-corrected chi connectivity index (χ2v) is 7.00. The first kappa shape index (κ1) is 23.3. The average molecular weight is 492 g/mol. The Morgan fingerprint density at radius 3 is 2.21 bits per heavy atom. The molecule has 1 aromatic carbocycles. The van der Waals surface area contributed by atoms with Gasteiger partial charge in [0.2, 0.25) is 0 Å². The number of halogens is 7. The Morgan fingerprint density at radius 1 is 1.07 bits per heavy atom. The monoisotopic (exact) mass is 490 g/mol. The molecule has 13 heteroatoms. The first-order chi connectivity index (χ1) is 13.4. The van der Waals surface area contributed by atoms with Crippen molar-refractivity contribution in [3.8, 4) is 0 Å². The van der Waals surface area contributed by atoms with Gasteiger partial charge in [-0.05, 0) is 12.1 Å². The molecule has 0 radical (unpaired) electrons. The molecule has 0 fully saturated rings. The highest BCUT2D eigenvalue weighted by molar-refractivity contribution is 6.50. The minimum Gasteiger partial charge on any atom is -0.454 e. The van der Waals surface area contributed by atoms with E-state index < -0.39 is 42.3 Å². The highest BCUT2D eigenvalue weighted by atomic mass is 35.5. The van der Waals surface area contributed by atoms with Gasteiger partial charge in [0, 0.05) is 12.3 Å². The van der Waals surface area contributed by atoms with Crippen LogP contribution < -0.4 is 10.9 Å². The molecule has 0 aliphatic heterocycles. The summed E-state index contributed by atoms with van der Waals surface area (Å²) in [4.78, 5) is 35.3. The summed E-state index contributed by atoms with van der Waals surface area (Å²) in [7, 11) is 0. The average Bonchev–Trinajstić information content (AvgIpc) is 2.63. The Balaban J connectivity index is 2.02. The van der Waals surface area contributed by atoms with E-state index in [-0.39, 0.29) is 25.8 Å². The van der Waals surface area contributed by atoms with Gasteiger partial charge in [-0.2, -0.15) is 13.2 Å². The Morgan fingerprint density at radius 2 is 1.66 bits per heavy atom. The molecule has 2 rings (SSSR count). The van der Waals surface area contributed by atoms with E-state index in [1.807, 2.05) is 0 Å². The minimum atomic E-state index is -4.70. The molecule has 0 unspecified atom stereocenters. The second-order valence-electron chi connectivity index (χ2n) is 5.43. The summed E-state index contributed by atoms with van der Waals surface area (Å²) in [5.74, 6) is -2.00. The van der Waals surface area contributed by atoms with Crippen LogP contribution in [-0.4, -0.2) is 23.1 Å². The van der Waals surface area contributed by atoms with Crippen molar-refractivity contribution < 1.29 is 27.5 Å². The smallest absolute Gasteiger partial charge is 0.417 e. The van der Waals surface area contributed by atoms with E-state index in [1.165, 1.54) is 6.07 Å². The number of esters is 1. The molecule has 0 bridgehead atoms. The number of hydrogen-bond donors (Lipinski definition) is 1. The Kier molecular flexibility index (Phi) is 7.45. The van der Waals surface area contributed by atoms with Crippen molar-refractivity contribution in [1.82, 2.24) is 4.57 Å². The number of benzene rings is 1. The summed E-state index contributed by atoms with van der Waals surface area (Å²) >= 11 is 23.5. The third kappa shape index (κ3) is 6.02. The van der Waals surface area contributed by atoms with Crippen molar-refractivity contribution in [2.45, 2.75) is 12.7 Å². The zero-order valence-corrected chi connectivity index (χ0v) is 17.0. The molecule has 6 nitrogen and oxygen atoms in total. The van der Waals surface area contributed by atoms with Crippen molar-refractivity contribution in [1.29, 1.82) is 0 Å². The fourth-order valence-electron chi connectivity index (χ4n) is 2.01. The van der Waals surface area contributed by atoms with Crippen LogP contribution in [-0.2, 0) is 27.0 Å². The Labute approximate surface area is 181 Å². The molecular formula is C16H9Cl4F3N2O4. The summed E-state index contributed by atoms with van der Waals surface area (Å²) in [5, 5.41) is 2.07. The molecule has 1 heterocycles. The zero-order valence-electron chi connectivity index (χ0n) is 13.9. The maximum Gasteiger partial charge on any atom is 0.417 e. The van der Waals surface area contributed by atoms with Crippen molar-refractivity contribution in [2.75, 3.05) is 11.9 Å². The van der Waals surface area contributed by atoms with Crippen LogP contribution in [0.1, 0.15) is 5.56 Å². The number of hydrogen-bond acceptors (Lipinski definition) is 4. The van der Waals surface area contributed by atoms with Gasteiger partial charge < -0.3 is 14.6 Å². The normalized spacial score (nSPS) is 11.3. The van der Waals surface area contributed by atoms with E-state index >= 15 is 0 Å². The fraction of sp³-hybridized carbons (Fsp3) is 0.188. The number of nitrogens with zero attached hydrogens (tertiary/aromatic N) is 1. The molecule has 1 aromatic heterocycles. The number of amides is 1. The van der Waals surface area contributed by atoms with Crippen LogP contribution >= 0.6 is 46.4 Å². The first-order valence-corrected chi connectivity index (χ1v) is 8.97. The van der Waals surface area contributed by atoms with Gasteiger partial charge in [0.25, 0.3) is 11.5 Å². The van der Waals surface area contributed by atoms with Gasteiger partial charge in [-0.1, -0.05) is 46.4 Å². The third-order valence-corrected chi connectivity index (χ3v) is 4.93. The third-order valence-electron chi connectivity index (χ3n) is 3.35. The quantitative estimate of drug-likeness (QED) is 0.487. The number of rotatable bonds is 5. The van der Waals surface area contributed by atoms with Crippen LogP contribution in [0.3, 0.4) is 0 Å². The SMILES string of the molecule is O=C(COC(=O)Cn1cc(C(F)(F)F)ccc1=O)Nc1c(Cl)c(Cl)cc(Cl)c1Cl. The van der Waals surface area contributed by atoms with Gasteiger partial charge in [0.05, 0.1) is 31.3 Å². The maximum absolute atomic E-state index is 12.7. The lowest BCUT2D eigenvalue weighted by molar-refractivity contribution is -0.148. The standard InChI is InChI=1S/C16H9Cl4F3N2O4/c17-8-3-9(18)14(20)15(13(8)19)24-10(26)6-29-12(28)5-25-4-7(16(21,22)23)1-2-11(25)27/h1-4H,5-6H2,(H,24,26). The summed E-state index contributed by atoms with van der Waals surface area (Å²) < 4.78 is 43.2. The van der Waals surface area contributed by atoms with Crippen LogP contribution in [0.4, 0.5) is 18.9 Å². The van der Waals surface area contributed by atoms with Gasteiger partial charge in [0.1, 0.15) is 6.54 Å². The number of nitrogens with one attached hydrogen (secondary N) is 1. The van der Waals surface area contributed by atoms with Gasteiger partial charge in [0.15, 0.2) is 6.61 Å². The molecule has 0 aliphatic rings. The Hall–Kier alpha value is -1.94. The summed E-state index contributed by atoms with van der Waals surface area (Å²) in [6.45, 7) is -1.66. The van der Waals surface area contributed by atoms with Crippen LogP contribution in [0.15, 0.2) is 29.2 Å². The molecule has 1 amide bonds. The Bertz CT molecular complexity index is 998. The van der Waals surface area contributed by atoms with E-state index in [2.05, 4.69) is 10.1 Å². The van der Waals surface area contributed by atoms with Crippen LogP contribution in [0, 0.1) is 0 Å². The van der Waals surface area contributed by atoms with E-state index in [4.69, 9.17) is 46.4 Å². The minimum absolute atomic E-state index is 0.0114. The molecule has 0 saturated carbocycles. The van der Waals surface area contributed by atoms with Gasteiger partial charge in [-0.25, -0.2) is 0 Å². The van der Waals surface area contributed by atoms with Crippen LogP contribution in [0.2, 0.25) is 20.1 Å². The van der Waals surface area contributed by atoms with Crippen molar-refractivity contribution in [3.05, 3.63) is 60.4 Å². The molecule has 0 aliphatic carbocycles. The molecule has 2 aromatic rings. The van der Waals surface area contributed by atoms with Crippen LogP contribution in [0.5, 0.6) is 0 Å². The predicted molar refractivity (Wildman–Crippen MR) is 102 cm³/mol. The number of aromatic nitrogens is 1. The lowest BCUT2D eigenvalue weighted by atomic mass is 10.3. The van der Waals surface area contributed by atoms with E-state index in [0.717, 1.165) is 0 Å². The predicted octanol–water partition coefficient (Wildman–Crippen LogP) is 4.66. The summed E-state index contributed by atoms with van der Waals surface area (Å²) in [6.07, 6.45) is -4.23. The first-order valence-electron chi connectivity index (χ1n) is 7.46. The van der Waals surface area contributed by atoms with Crippen molar-refractivity contribution >= 4 is 64.0 Å². The number of ether oxygens (including phenoxy) is 1. The molecule has 0 atom stereocenters. The molecule has 29 heavy (non-hydrogen) atoms. The summed E-state index contributed by atoms with van der Waals surface area (Å²) in [5.41, 5.74) is -2.09.